The topological polar surface area (TPSA) is 12.9 Å². The summed E-state index contributed by atoms with van der Waals surface area (Å²) in [6.45, 7) is 0. The van der Waals surface area contributed by atoms with Crippen molar-refractivity contribution in [1.82, 2.24) is 4.98 Å². The van der Waals surface area contributed by atoms with Crippen molar-refractivity contribution in [3.63, 3.8) is 0 Å². The molecule has 2 aromatic carbocycles. The van der Waals surface area contributed by atoms with Gasteiger partial charge in [-0.25, -0.2) is 0 Å². The Kier molecular flexibility index (Phi) is 3.12. The van der Waals surface area contributed by atoms with Crippen LogP contribution in [0.4, 0.5) is 0 Å². The van der Waals surface area contributed by atoms with Crippen molar-refractivity contribution in [3.05, 3.63) is 66.5 Å². The molecule has 4 aliphatic carbocycles. The SMILES string of the molecule is c1ccc(-c2c(C34CC5CC(CC(C5)C3)C4)ncc3ccccc23)cc1. The van der Waals surface area contributed by atoms with E-state index in [1.807, 2.05) is 0 Å². The quantitative estimate of drug-likeness (QED) is 0.528. The van der Waals surface area contributed by atoms with Crippen LogP contribution in [-0.4, -0.2) is 4.98 Å². The third kappa shape index (κ3) is 2.13. The molecule has 0 atom stereocenters. The maximum atomic E-state index is 5.17. The highest BCUT2D eigenvalue weighted by Crippen LogP contribution is 2.61. The Morgan fingerprint density at radius 1 is 0.731 bits per heavy atom. The lowest BCUT2D eigenvalue weighted by molar-refractivity contribution is -0.00684. The van der Waals surface area contributed by atoms with Crippen molar-refractivity contribution in [2.45, 2.75) is 43.9 Å². The largest absolute Gasteiger partial charge is 0.259 e. The number of aromatic nitrogens is 1. The van der Waals surface area contributed by atoms with Crippen molar-refractivity contribution in [2.75, 3.05) is 0 Å². The summed E-state index contributed by atoms with van der Waals surface area (Å²) in [6, 6.07) is 19.8. The molecule has 4 saturated carbocycles. The molecule has 0 saturated heterocycles. The number of hydrogen-bond acceptors (Lipinski definition) is 1. The number of benzene rings is 2. The van der Waals surface area contributed by atoms with Crippen molar-refractivity contribution in [2.24, 2.45) is 17.8 Å². The highest BCUT2D eigenvalue weighted by Gasteiger charge is 2.53. The normalized spacial score (nSPS) is 32.2. The van der Waals surface area contributed by atoms with E-state index in [1.54, 1.807) is 0 Å². The van der Waals surface area contributed by atoms with E-state index in [9.17, 15) is 0 Å². The Labute approximate surface area is 155 Å². The fourth-order valence-corrected chi connectivity index (χ4v) is 6.86. The molecule has 4 aliphatic rings. The second-order valence-electron chi connectivity index (χ2n) is 9.13. The summed E-state index contributed by atoms with van der Waals surface area (Å²) < 4.78 is 0. The maximum absolute atomic E-state index is 5.17. The zero-order valence-electron chi connectivity index (χ0n) is 15.2. The summed E-state index contributed by atoms with van der Waals surface area (Å²) in [5.41, 5.74) is 4.47. The van der Waals surface area contributed by atoms with Gasteiger partial charge < -0.3 is 0 Å². The smallest absolute Gasteiger partial charge is 0.0550 e. The summed E-state index contributed by atoms with van der Waals surface area (Å²) in [4.78, 5) is 5.17. The number of nitrogens with zero attached hydrogens (tertiary/aromatic N) is 1. The molecule has 4 bridgehead atoms. The predicted octanol–water partition coefficient (Wildman–Crippen LogP) is 6.37. The van der Waals surface area contributed by atoms with Crippen LogP contribution in [-0.2, 0) is 5.41 Å². The molecule has 0 radical (unpaired) electrons. The van der Waals surface area contributed by atoms with Gasteiger partial charge in [0.15, 0.2) is 0 Å². The van der Waals surface area contributed by atoms with Gasteiger partial charge in [0.2, 0.25) is 0 Å². The fraction of sp³-hybridized carbons (Fsp3) is 0.400. The Balaban J connectivity index is 1.62. The average molecular weight is 339 g/mol. The molecule has 0 N–H and O–H groups in total. The van der Waals surface area contributed by atoms with E-state index >= 15 is 0 Å². The monoisotopic (exact) mass is 339 g/mol. The molecule has 130 valence electrons. The van der Waals surface area contributed by atoms with Gasteiger partial charge in [-0.3, -0.25) is 4.98 Å². The average Bonchev–Trinajstić information content (AvgIpc) is 2.67. The van der Waals surface area contributed by atoms with Gasteiger partial charge in [0, 0.05) is 22.6 Å². The van der Waals surface area contributed by atoms with Crippen LogP contribution in [0.2, 0.25) is 0 Å². The zero-order valence-corrected chi connectivity index (χ0v) is 15.2. The van der Waals surface area contributed by atoms with Crippen molar-refractivity contribution >= 4 is 10.8 Å². The minimum Gasteiger partial charge on any atom is -0.259 e. The third-order valence-corrected chi connectivity index (χ3v) is 7.40. The first-order valence-electron chi connectivity index (χ1n) is 10.2. The fourth-order valence-electron chi connectivity index (χ4n) is 6.86. The van der Waals surface area contributed by atoms with Crippen LogP contribution in [0.15, 0.2) is 60.8 Å². The van der Waals surface area contributed by atoms with Gasteiger partial charge in [0.25, 0.3) is 0 Å². The lowest BCUT2D eigenvalue weighted by atomic mass is 9.48. The third-order valence-electron chi connectivity index (χ3n) is 7.40. The van der Waals surface area contributed by atoms with Gasteiger partial charge in [-0.2, -0.15) is 0 Å². The molecule has 7 rings (SSSR count). The molecule has 1 nitrogen and oxygen atoms in total. The van der Waals surface area contributed by atoms with Crippen LogP contribution in [0.5, 0.6) is 0 Å². The summed E-state index contributed by atoms with van der Waals surface area (Å²) >= 11 is 0. The van der Waals surface area contributed by atoms with E-state index in [1.165, 1.54) is 66.1 Å². The lowest BCUT2D eigenvalue weighted by Gasteiger charge is -2.57. The van der Waals surface area contributed by atoms with Crippen molar-refractivity contribution in [1.29, 1.82) is 0 Å². The van der Waals surface area contributed by atoms with Crippen LogP contribution < -0.4 is 0 Å². The second-order valence-corrected chi connectivity index (χ2v) is 9.13. The first kappa shape index (κ1) is 15.0. The minimum atomic E-state index is 0.323. The van der Waals surface area contributed by atoms with Gasteiger partial charge in [-0.1, -0.05) is 54.6 Å². The first-order valence-corrected chi connectivity index (χ1v) is 10.2. The molecule has 4 fully saturated rings. The van der Waals surface area contributed by atoms with E-state index in [4.69, 9.17) is 4.98 Å². The van der Waals surface area contributed by atoms with E-state index in [0.717, 1.165) is 17.8 Å². The summed E-state index contributed by atoms with van der Waals surface area (Å²) in [5, 5.41) is 2.64. The van der Waals surface area contributed by atoms with E-state index in [2.05, 4.69) is 60.8 Å². The molecule has 0 aliphatic heterocycles. The maximum Gasteiger partial charge on any atom is 0.0550 e. The van der Waals surface area contributed by atoms with Crippen molar-refractivity contribution < 1.29 is 0 Å². The van der Waals surface area contributed by atoms with Crippen LogP contribution in [0.25, 0.3) is 21.9 Å². The molecule has 0 spiro atoms. The Morgan fingerprint density at radius 3 is 2.04 bits per heavy atom. The number of hydrogen-bond donors (Lipinski definition) is 0. The highest BCUT2D eigenvalue weighted by atomic mass is 14.7. The summed E-state index contributed by atoms with van der Waals surface area (Å²) in [6.07, 6.45) is 10.7. The molecule has 3 aromatic rings. The standard InChI is InChI=1S/C25H25N/c1-2-6-20(7-3-1)23-22-9-5-4-8-21(22)16-26-24(23)25-13-17-10-18(14-25)12-19(11-17)15-25/h1-9,16-19H,10-15H2. The molecule has 1 heterocycles. The van der Waals surface area contributed by atoms with Crippen LogP contribution >= 0.6 is 0 Å². The van der Waals surface area contributed by atoms with E-state index < -0.39 is 0 Å². The Hall–Kier alpha value is -2.15. The summed E-state index contributed by atoms with van der Waals surface area (Å²) in [5.74, 6) is 2.83. The van der Waals surface area contributed by atoms with Crippen LogP contribution in [0.1, 0.15) is 44.2 Å². The highest BCUT2D eigenvalue weighted by molar-refractivity contribution is 5.97. The van der Waals surface area contributed by atoms with Gasteiger partial charge in [0.1, 0.15) is 0 Å². The molecular weight excluding hydrogens is 314 g/mol. The number of rotatable bonds is 2. The van der Waals surface area contributed by atoms with Gasteiger partial charge in [-0.05, 0) is 67.2 Å². The predicted molar refractivity (Wildman–Crippen MR) is 107 cm³/mol. The van der Waals surface area contributed by atoms with Crippen LogP contribution in [0.3, 0.4) is 0 Å². The molecule has 26 heavy (non-hydrogen) atoms. The van der Waals surface area contributed by atoms with E-state index in [0.29, 0.717) is 5.41 Å². The van der Waals surface area contributed by atoms with E-state index in [-0.39, 0.29) is 0 Å². The van der Waals surface area contributed by atoms with Gasteiger partial charge in [0.05, 0.1) is 5.69 Å². The van der Waals surface area contributed by atoms with Gasteiger partial charge >= 0.3 is 0 Å². The molecule has 0 unspecified atom stereocenters. The molecular formula is C25H25N. The summed E-state index contributed by atoms with van der Waals surface area (Å²) in [7, 11) is 0. The van der Waals surface area contributed by atoms with Crippen molar-refractivity contribution in [3.8, 4) is 11.1 Å². The zero-order chi connectivity index (χ0) is 17.1. The lowest BCUT2D eigenvalue weighted by Crippen LogP contribution is -2.49. The number of pyridine rings is 1. The van der Waals surface area contributed by atoms with Crippen LogP contribution in [0, 0.1) is 17.8 Å². The molecule has 1 heteroatoms. The molecule has 1 aromatic heterocycles. The van der Waals surface area contributed by atoms with Gasteiger partial charge in [-0.15, -0.1) is 0 Å². The first-order chi connectivity index (χ1) is 12.8. The minimum absolute atomic E-state index is 0.323. The molecule has 0 amide bonds. The second kappa shape index (κ2) is 5.42. The number of fused-ring (bicyclic) bond motifs is 1. The Bertz CT molecular complexity index is 937. The Morgan fingerprint density at radius 2 is 1.35 bits per heavy atom.